The van der Waals surface area contributed by atoms with Crippen molar-refractivity contribution in [1.82, 2.24) is 9.29 Å². The lowest BCUT2D eigenvalue weighted by Gasteiger charge is -2.35. The Hall–Kier alpha value is -1.34. The molecule has 106 valence electrons. The van der Waals surface area contributed by atoms with Crippen LogP contribution in [0.3, 0.4) is 0 Å². The van der Waals surface area contributed by atoms with Gasteiger partial charge in [0.2, 0.25) is 10.0 Å². The summed E-state index contributed by atoms with van der Waals surface area (Å²) < 4.78 is 26.1. The molecule has 1 aliphatic rings. The minimum Gasteiger partial charge on any atom is -0.477 e. The third-order valence-electron chi connectivity index (χ3n) is 3.60. The molecule has 0 aromatic carbocycles. The van der Waals surface area contributed by atoms with Gasteiger partial charge in [0.25, 0.3) is 0 Å². The molecule has 6 nitrogen and oxygen atoms in total. The van der Waals surface area contributed by atoms with E-state index in [9.17, 15) is 13.2 Å². The van der Waals surface area contributed by atoms with Crippen molar-refractivity contribution < 1.29 is 18.3 Å². The van der Waals surface area contributed by atoms with Crippen LogP contribution in [0.25, 0.3) is 0 Å². The molecule has 0 saturated carbocycles. The van der Waals surface area contributed by atoms with E-state index >= 15 is 0 Å². The van der Waals surface area contributed by atoms with Crippen molar-refractivity contribution in [2.75, 3.05) is 13.1 Å². The number of aromatic carboxylic acids is 1. The lowest BCUT2D eigenvalue weighted by molar-refractivity contribution is 0.0691. The maximum absolute atomic E-state index is 12.3. The topological polar surface area (TPSA) is 90.5 Å². The molecule has 2 N–H and O–H groups in total. The predicted octanol–water partition coefficient (Wildman–Crippen LogP) is 1.52. The summed E-state index contributed by atoms with van der Waals surface area (Å²) >= 11 is 0. The van der Waals surface area contributed by atoms with Crippen LogP contribution in [0.1, 0.15) is 37.2 Å². The van der Waals surface area contributed by atoms with Crippen LogP contribution < -0.4 is 0 Å². The van der Waals surface area contributed by atoms with Gasteiger partial charge in [0, 0.05) is 19.3 Å². The van der Waals surface area contributed by atoms with Crippen LogP contribution >= 0.6 is 0 Å². The summed E-state index contributed by atoms with van der Waals surface area (Å²) in [5.74, 6) is -1.17. The summed E-state index contributed by atoms with van der Waals surface area (Å²) in [5, 5.41) is 8.80. The van der Waals surface area contributed by atoms with Crippen LogP contribution in [0.15, 0.2) is 17.2 Å². The van der Waals surface area contributed by atoms with Crippen LogP contribution in [0, 0.1) is 5.41 Å². The van der Waals surface area contributed by atoms with Gasteiger partial charge in [0.05, 0.1) is 0 Å². The minimum atomic E-state index is -3.59. The standard InChI is InChI=1S/C12H18N2O4S/c1-12(2)3-5-14(6-4-12)19(17,18)9-7-10(11(15)16)13-8-9/h7-8,13H,3-6H2,1-2H3,(H,15,16). The Morgan fingerprint density at radius 3 is 2.42 bits per heavy atom. The Bertz CT molecular complexity index is 579. The molecule has 0 bridgehead atoms. The average molecular weight is 286 g/mol. The zero-order valence-electron chi connectivity index (χ0n) is 11.0. The van der Waals surface area contributed by atoms with Crippen molar-refractivity contribution in [2.24, 2.45) is 5.41 Å². The first-order valence-electron chi connectivity index (χ1n) is 6.14. The first-order chi connectivity index (χ1) is 8.72. The van der Waals surface area contributed by atoms with Crippen LogP contribution in [0.4, 0.5) is 0 Å². The molecule has 1 aromatic rings. The number of H-pyrrole nitrogens is 1. The second-order valence-corrected chi connectivity index (χ2v) is 7.56. The van der Waals surface area contributed by atoms with Crippen molar-refractivity contribution >= 4 is 16.0 Å². The monoisotopic (exact) mass is 286 g/mol. The Kier molecular flexibility index (Phi) is 3.44. The van der Waals surface area contributed by atoms with Crippen molar-refractivity contribution in [3.05, 3.63) is 18.0 Å². The van der Waals surface area contributed by atoms with Crippen LogP contribution in [0.5, 0.6) is 0 Å². The van der Waals surface area contributed by atoms with Gasteiger partial charge in [0.1, 0.15) is 10.6 Å². The number of piperidine rings is 1. The first kappa shape index (κ1) is 14.1. The molecule has 2 heterocycles. The number of aromatic amines is 1. The molecule has 19 heavy (non-hydrogen) atoms. The van der Waals surface area contributed by atoms with Crippen molar-refractivity contribution in [1.29, 1.82) is 0 Å². The Labute approximate surface area is 112 Å². The summed E-state index contributed by atoms with van der Waals surface area (Å²) in [4.78, 5) is 13.2. The highest BCUT2D eigenvalue weighted by Gasteiger charge is 2.33. The number of sulfonamides is 1. The molecule has 0 radical (unpaired) electrons. The molecule has 1 saturated heterocycles. The van der Waals surface area contributed by atoms with E-state index in [1.807, 2.05) is 0 Å². The smallest absolute Gasteiger partial charge is 0.352 e. The summed E-state index contributed by atoms with van der Waals surface area (Å²) in [7, 11) is -3.59. The van der Waals surface area contributed by atoms with Gasteiger partial charge in [0.15, 0.2) is 0 Å². The van der Waals surface area contributed by atoms with Gasteiger partial charge in [-0.15, -0.1) is 0 Å². The molecule has 1 fully saturated rings. The Morgan fingerprint density at radius 2 is 1.95 bits per heavy atom. The molecule has 7 heteroatoms. The zero-order chi connectivity index (χ0) is 14.3. The van der Waals surface area contributed by atoms with E-state index in [-0.39, 0.29) is 16.0 Å². The van der Waals surface area contributed by atoms with Gasteiger partial charge < -0.3 is 10.1 Å². The summed E-state index contributed by atoms with van der Waals surface area (Å²) in [6.07, 6.45) is 2.85. The fourth-order valence-corrected chi connectivity index (χ4v) is 3.56. The van der Waals surface area contributed by atoms with Crippen LogP contribution in [-0.4, -0.2) is 41.9 Å². The third kappa shape index (κ3) is 2.82. The van der Waals surface area contributed by atoms with Gasteiger partial charge in [-0.25, -0.2) is 13.2 Å². The number of aromatic nitrogens is 1. The van der Waals surface area contributed by atoms with Gasteiger partial charge in [-0.3, -0.25) is 0 Å². The van der Waals surface area contributed by atoms with Crippen molar-refractivity contribution in [3.8, 4) is 0 Å². The molecular weight excluding hydrogens is 268 g/mol. The van der Waals surface area contributed by atoms with Crippen LogP contribution in [-0.2, 0) is 10.0 Å². The Balaban J connectivity index is 2.20. The van der Waals surface area contributed by atoms with Crippen LogP contribution in [0.2, 0.25) is 0 Å². The molecule has 2 rings (SSSR count). The average Bonchev–Trinajstić information content (AvgIpc) is 2.78. The SMILES string of the molecule is CC1(C)CCN(S(=O)(=O)c2c[nH]c(C(=O)O)c2)CC1. The second-order valence-electron chi connectivity index (χ2n) is 5.62. The number of nitrogens with zero attached hydrogens (tertiary/aromatic N) is 1. The van der Waals surface area contributed by atoms with E-state index in [0.717, 1.165) is 18.9 Å². The van der Waals surface area contributed by atoms with Crippen molar-refractivity contribution in [3.63, 3.8) is 0 Å². The fourth-order valence-electron chi connectivity index (χ4n) is 2.13. The lowest BCUT2D eigenvalue weighted by Crippen LogP contribution is -2.40. The number of hydrogen-bond acceptors (Lipinski definition) is 3. The highest BCUT2D eigenvalue weighted by molar-refractivity contribution is 7.89. The summed E-state index contributed by atoms with van der Waals surface area (Å²) in [5.41, 5.74) is 0.0482. The number of carboxylic acid groups (broad SMARTS) is 1. The van der Waals surface area contributed by atoms with Gasteiger partial charge in [-0.2, -0.15) is 4.31 Å². The third-order valence-corrected chi connectivity index (χ3v) is 5.48. The van der Waals surface area contributed by atoms with E-state index in [2.05, 4.69) is 18.8 Å². The minimum absolute atomic E-state index is 0.0182. The molecular formula is C12H18N2O4S. The molecule has 1 aliphatic heterocycles. The number of hydrogen-bond donors (Lipinski definition) is 2. The first-order valence-corrected chi connectivity index (χ1v) is 7.58. The maximum atomic E-state index is 12.3. The molecule has 0 aliphatic carbocycles. The van der Waals surface area contributed by atoms with E-state index in [1.165, 1.54) is 10.5 Å². The summed E-state index contributed by atoms with van der Waals surface area (Å²) in [6.45, 7) is 5.19. The Morgan fingerprint density at radius 1 is 1.37 bits per heavy atom. The van der Waals surface area contributed by atoms with E-state index in [1.54, 1.807) is 0 Å². The van der Waals surface area contributed by atoms with Gasteiger partial charge in [-0.05, 0) is 24.3 Å². The number of nitrogens with one attached hydrogen (secondary N) is 1. The van der Waals surface area contributed by atoms with E-state index in [0.29, 0.717) is 13.1 Å². The highest BCUT2D eigenvalue weighted by atomic mass is 32.2. The second kappa shape index (κ2) is 4.64. The molecule has 0 unspecified atom stereocenters. The number of rotatable bonds is 3. The number of carboxylic acids is 1. The van der Waals surface area contributed by atoms with E-state index < -0.39 is 16.0 Å². The molecule has 0 spiro atoms. The maximum Gasteiger partial charge on any atom is 0.352 e. The molecule has 0 atom stereocenters. The van der Waals surface area contributed by atoms with Crippen molar-refractivity contribution in [2.45, 2.75) is 31.6 Å². The fraction of sp³-hybridized carbons (Fsp3) is 0.583. The predicted molar refractivity (Wildman–Crippen MR) is 69.5 cm³/mol. The molecule has 0 amide bonds. The largest absolute Gasteiger partial charge is 0.477 e. The van der Waals surface area contributed by atoms with Gasteiger partial charge in [-0.1, -0.05) is 13.8 Å². The quantitative estimate of drug-likeness (QED) is 0.881. The molecule has 1 aromatic heterocycles. The summed E-state index contributed by atoms with van der Waals surface area (Å²) in [6, 6.07) is 1.16. The zero-order valence-corrected chi connectivity index (χ0v) is 11.8. The number of carbonyl (C=O) groups is 1. The van der Waals surface area contributed by atoms with Gasteiger partial charge >= 0.3 is 5.97 Å². The van der Waals surface area contributed by atoms with E-state index in [4.69, 9.17) is 5.11 Å². The normalized spacial score (nSPS) is 20.3. The lowest BCUT2D eigenvalue weighted by atomic mass is 9.83. The highest BCUT2D eigenvalue weighted by Crippen LogP contribution is 2.32.